The monoisotopic (exact) mass is 280 g/mol. The fourth-order valence-corrected chi connectivity index (χ4v) is 4.32. The molecule has 1 aliphatic heterocycles. The van der Waals surface area contributed by atoms with Crippen molar-refractivity contribution in [3.05, 3.63) is 0 Å². The van der Waals surface area contributed by atoms with Gasteiger partial charge in [0.15, 0.2) is 0 Å². The van der Waals surface area contributed by atoms with Crippen molar-refractivity contribution in [2.75, 3.05) is 20.1 Å². The van der Waals surface area contributed by atoms with Crippen molar-refractivity contribution in [3.8, 4) is 0 Å². The van der Waals surface area contributed by atoms with E-state index in [1.165, 1.54) is 38.8 Å². The van der Waals surface area contributed by atoms with Gasteiger partial charge in [0.05, 0.1) is 0 Å². The Morgan fingerprint density at radius 2 is 1.80 bits per heavy atom. The number of likely N-dealkylation sites (tertiary alicyclic amines) is 1. The van der Waals surface area contributed by atoms with Crippen LogP contribution in [0.4, 0.5) is 0 Å². The maximum Gasteiger partial charge on any atom is 0.0252 e. The average Bonchev–Trinajstić information content (AvgIpc) is 2.87. The normalized spacial score (nSPS) is 36.8. The molecule has 1 aliphatic carbocycles. The SMILES string of the molecule is CNC1CCC(C(C)C)CC1N1CCC(C(C)(C)C)C1. The van der Waals surface area contributed by atoms with Crippen LogP contribution in [0.25, 0.3) is 0 Å². The molecular weight excluding hydrogens is 244 g/mol. The molecule has 0 amide bonds. The first-order chi connectivity index (χ1) is 9.32. The minimum atomic E-state index is 0.468. The van der Waals surface area contributed by atoms with Crippen LogP contribution in [0.5, 0.6) is 0 Å². The maximum absolute atomic E-state index is 3.60. The number of nitrogens with zero attached hydrogens (tertiary/aromatic N) is 1. The Labute approximate surface area is 126 Å². The summed E-state index contributed by atoms with van der Waals surface area (Å²) in [7, 11) is 2.16. The van der Waals surface area contributed by atoms with Gasteiger partial charge < -0.3 is 5.32 Å². The smallest absolute Gasteiger partial charge is 0.0252 e. The quantitative estimate of drug-likeness (QED) is 0.846. The largest absolute Gasteiger partial charge is 0.315 e. The Morgan fingerprint density at radius 3 is 2.30 bits per heavy atom. The van der Waals surface area contributed by atoms with Gasteiger partial charge >= 0.3 is 0 Å². The third-order valence-electron chi connectivity index (χ3n) is 6.08. The Bertz CT molecular complexity index is 305. The van der Waals surface area contributed by atoms with E-state index in [0.29, 0.717) is 11.5 Å². The van der Waals surface area contributed by atoms with E-state index in [1.807, 2.05) is 0 Å². The van der Waals surface area contributed by atoms with Crippen LogP contribution in [-0.4, -0.2) is 37.1 Å². The summed E-state index contributed by atoms with van der Waals surface area (Å²) in [5.41, 5.74) is 0.468. The Kier molecular flexibility index (Phi) is 5.18. The standard InChI is InChI=1S/C18H36N2/c1-13(2)14-7-8-16(19-6)17(11-14)20-10-9-15(12-20)18(3,4)5/h13-17,19H,7-12H2,1-6H3. The van der Waals surface area contributed by atoms with Crippen molar-refractivity contribution in [1.29, 1.82) is 0 Å². The summed E-state index contributed by atoms with van der Waals surface area (Å²) < 4.78 is 0. The molecule has 0 spiro atoms. The van der Waals surface area contributed by atoms with Gasteiger partial charge in [-0.25, -0.2) is 0 Å². The molecule has 0 aromatic heterocycles. The van der Waals surface area contributed by atoms with Crippen molar-refractivity contribution in [2.45, 2.75) is 72.4 Å². The molecule has 4 unspecified atom stereocenters. The highest BCUT2D eigenvalue weighted by atomic mass is 15.2. The van der Waals surface area contributed by atoms with Crippen LogP contribution in [0.15, 0.2) is 0 Å². The predicted molar refractivity (Wildman–Crippen MR) is 87.9 cm³/mol. The molecule has 1 saturated carbocycles. The van der Waals surface area contributed by atoms with E-state index in [1.54, 1.807) is 0 Å². The fraction of sp³-hybridized carbons (Fsp3) is 1.00. The highest BCUT2D eigenvalue weighted by Gasteiger charge is 2.40. The minimum Gasteiger partial charge on any atom is -0.315 e. The van der Waals surface area contributed by atoms with Crippen molar-refractivity contribution in [2.24, 2.45) is 23.2 Å². The Morgan fingerprint density at radius 1 is 1.10 bits per heavy atom. The summed E-state index contributed by atoms with van der Waals surface area (Å²) in [5.74, 6) is 2.65. The molecule has 2 heteroatoms. The molecule has 1 N–H and O–H groups in total. The van der Waals surface area contributed by atoms with E-state index >= 15 is 0 Å². The summed E-state index contributed by atoms with van der Waals surface area (Å²) in [6.07, 6.45) is 5.57. The zero-order valence-electron chi connectivity index (χ0n) is 14.6. The number of likely N-dealkylation sites (N-methyl/N-ethyl adjacent to an activating group) is 1. The van der Waals surface area contributed by atoms with Crippen molar-refractivity contribution < 1.29 is 0 Å². The van der Waals surface area contributed by atoms with Gasteiger partial charge in [-0.2, -0.15) is 0 Å². The lowest BCUT2D eigenvalue weighted by atomic mass is 9.76. The highest BCUT2D eigenvalue weighted by molar-refractivity contribution is 4.95. The van der Waals surface area contributed by atoms with Crippen LogP contribution < -0.4 is 5.32 Å². The van der Waals surface area contributed by atoms with Gasteiger partial charge in [-0.05, 0) is 62.4 Å². The van der Waals surface area contributed by atoms with Gasteiger partial charge in [-0.3, -0.25) is 4.90 Å². The predicted octanol–water partition coefficient (Wildman–Crippen LogP) is 3.77. The van der Waals surface area contributed by atoms with E-state index < -0.39 is 0 Å². The van der Waals surface area contributed by atoms with Crippen LogP contribution >= 0.6 is 0 Å². The summed E-state index contributed by atoms with van der Waals surface area (Å²) in [6, 6.07) is 1.48. The zero-order valence-corrected chi connectivity index (χ0v) is 14.6. The van der Waals surface area contributed by atoms with Gasteiger partial charge in [0.1, 0.15) is 0 Å². The van der Waals surface area contributed by atoms with Gasteiger partial charge in [-0.15, -0.1) is 0 Å². The molecule has 2 aliphatic rings. The van der Waals surface area contributed by atoms with Crippen molar-refractivity contribution in [1.82, 2.24) is 10.2 Å². The maximum atomic E-state index is 3.60. The second kappa shape index (κ2) is 6.36. The molecule has 4 atom stereocenters. The number of hydrogen-bond donors (Lipinski definition) is 1. The molecule has 20 heavy (non-hydrogen) atoms. The molecule has 0 aromatic rings. The number of nitrogens with one attached hydrogen (secondary N) is 1. The van der Waals surface area contributed by atoms with E-state index in [9.17, 15) is 0 Å². The van der Waals surface area contributed by atoms with Crippen LogP contribution in [0.1, 0.15) is 60.3 Å². The highest BCUT2D eigenvalue weighted by Crippen LogP contribution is 2.38. The Hall–Kier alpha value is -0.0800. The lowest BCUT2D eigenvalue weighted by molar-refractivity contribution is 0.0949. The van der Waals surface area contributed by atoms with Crippen LogP contribution in [0.3, 0.4) is 0 Å². The van der Waals surface area contributed by atoms with E-state index in [2.05, 4.69) is 51.9 Å². The summed E-state index contributed by atoms with van der Waals surface area (Å²) in [5, 5.41) is 3.60. The molecule has 0 bridgehead atoms. The number of rotatable bonds is 3. The first kappa shape index (κ1) is 16.3. The second-order valence-corrected chi connectivity index (χ2v) is 8.63. The molecule has 1 saturated heterocycles. The molecule has 2 rings (SSSR count). The number of hydrogen-bond acceptors (Lipinski definition) is 2. The van der Waals surface area contributed by atoms with Gasteiger partial charge in [0.2, 0.25) is 0 Å². The third-order valence-corrected chi connectivity index (χ3v) is 6.08. The zero-order chi connectivity index (χ0) is 14.9. The van der Waals surface area contributed by atoms with E-state index in [4.69, 9.17) is 0 Å². The average molecular weight is 280 g/mol. The first-order valence-corrected chi connectivity index (χ1v) is 8.74. The van der Waals surface area contributed by atoms with Gasteiger partial charge in [-0.1, -0.05) is 34.6 Å². The van der Waals surface area contributed by atoms with Crippen LogP contribution in [-0.2, 0) is 0 Å². The molecule has 2 fully saturated rings. The Balaban J connectivity index is 2.01. The molecule has 0 radical (unpaired) electrons. The summed E-state index contributed by atoms with van der Waals surface area (Å²) in [6.45, 7) is 14.7. The second-order valence-electron chi connectivity index (χ2n) is 8.63. The summed E-state index contributed by atoms with van der Waals surface area (Å²) >= 11 is 0. The first-order valence-electron chi connectivity index (χ1n) is 8.74. The topological polar surface area (TPSA) is 15.3 Å². The molecule has 1 heterocycles. The van der Waals surface area contributed by atoms with Crippen molar-refractivity contribution >= 4 is 0 Å². The van der Waals surface area contributed by atoms with Gasteiger partial charge in [0.25, 0.3) is 0 Å². The minimum absolute atomic E-state index is 0.468. The van der Waals surface area contributed by atoms with E-state index in [-0.39, 0.29) is 0 Å². The molecule has 118 valence electrons. The molecule has 2 nitrogen and oxygen atoms in total. The van der Waals surface area contributed by atoms with Crippen LogP contribution in [0.2, 0.25) is 0 Å². The van der Waals surface area contributed by atoms with Crippen molar-refractivity contribution in [3.63, 3.8) is 0 Å². The molecule has 0 aromatic carbocycles. The van der Waals surface area contributed by atoms with E-state index in [0.717, 1.165) is 23.8 Å². The third kappa shape index (κ3) is 3.57. The lowest BCUT2D eigenvalue weighted by Crippen LogP contribution is -2.52. The van der Waals surface area contributed by atoms with Gasteiger partial charge in [0, 0.05) is 18.6 Å². The molecular formula is C18H36N2. The lowest BCUT2D eigenvalue weighted by Gasteiger charge is -2.43. The summed E-state index contributed by atoms with van der Waals surface area (Å²) in [4.78, 5) is 2.81. The van der Waals surface area contributed by atoms with Crippen LogP contribution in [0, 0.1) is 23.2 Å². The fourth-order valence-electron chi connectivity index (χ4n) is 4.32.